The number of ether oxygens (including phenoxy) is 2. The largest absolute Gasteiger partial charge is 0.493 e. The smallest absolute Gasteiger partial charge is 0.243 e. The summed E-state index contributed by atoms with van der Waals surface area (Å²) in [5.41, 5.74) is 1.17. The van der Waals surface area contributed by atoms with Gasteiger partial charge >= 0.3 is 0 Å². The Morgan fingerprint density at radius 2 is 1.55 bits per heavy atom. The number of anilines is 1. The molecule has 9 heteroatoms. The van der Waals surface area contributed by atoms with E-state index >= 15 is 0 Å². The van der Waals surface area contributed by atoms with Crippen molar-refractivity contribution < 1.29 is 27.1 Å². The molecule has 174 valence electrons. The van der Waals surface area contributed by atoms with Crippen LogP contribution in [-0.4, -0.2) is 46.4 Å². The van der Waals surface area contributed by atoms with Crippen molar-refractivity contribution in [3.63, 3.8) is 0 Å². The van der Waals surface area contributed by atoms with Crippen LogP contribution in [0.5, 0.6) is 11.5 Å². The van der Waals surface area contributed by atoms with Gasteiger partial charge in [0, 0.05) is 25.3 Å². The summed E-state index contributed by atoms with van der Waals surface area (Å²) in [5.74, 6) is -0.255. The average molecular weight is 473 g/mol. The van der Waals surface area contributed by atoms with Crippen LogP contribution < -0.4 is 14.4 Å². The summed E-state index contributed by atoms with van der Waals surface area (Å²) in [5, 5.41) is 0. The maximum atomic E-state index is 13.6. The minimum atomic E-state index is -4.08. The van der Waals surface area contributed by atoms with Crippen molar-refractivity contribution in [2.75, 3.05) is 32.7 Å². The quantitative estimate of drug-likeness (QED) is 0.475. The van der Waals surface area contributed by atoms with Crippen molar-refractivity contribution in [3.05, 3.63) is 84.2 Å². The molecule has 0 aliphatic heterocycles. The van der Waals surface area contributed by atoms with Crippen LogP contribution in [0.25, 0.3) is 0 Å². The van der Waals surface area contributed by atoms with E-state index in [-0.39, 0.29) is 17.2 Å². The molecule has 0 radical (unpaired) electrons. The van der Waals surface area contributed by atoms with Crippen molar-refractivity contribution in [1.29, 1.82) is 0 Å². The number of likely N-dealkylation sites (N-methyl/N-ethyl adjacent to an activating group) is 1. The van der Waals surface area contributed by atoms with Crippen LogP contribution >= 0.6 is 0 Å². The number of rotatable bonds is 9. The van der Waals surface area contributed by atoms with E-state index in [9.17, 15) is 17.6 Å². The summed E-state index contributed by atoms with van der Waals surface area (Å²) in [6.07, 6.45) is 0. The maximum Gasteiger partial charge on any atom is 0.243 e. The van der Waals surface area contributed by atoms with Crippen LogP contribution in [0.3, 0.4) is 0 Å². The van der Waals surface area contributed by atoms with Crippen LogP contribution in [0.1, 0.15) is 5.56 Å². The second kappa shape index (κ2) is 10.5. The number of sulfonamides is 1. The van der Waals surface area contributed by atoms with Crippen molar-refractivity contribution in [3.8, 4) is 11.5 Å². The lowest BCUT2D eigenvalue weighted by Gasteiger charge is -2.25. The highest BCUT2D eigenvalue weighted by atomic mass is 32.2. The highest BCUT2D eigenvalue weighted by Crippen LogP contribution is 2.31. The monoisotopic (exact) mass is 472 g/mol. The van der Waals surface area contributed by atoms with Gasteiger partial charge in [-0.05, 0) is 42.0 Å². The van der Waals surface area contributed by atoms with E-state index in [1.54, 1.807) is 24.3 Å². The molecule has 7 nitrogen and oxygen atoms in total. The first-order valence-electron chi connectivity index (χ1n) is 10.0. The van der Waals surface area contributed by atoms with Gasteiger partial charge in [0.05, 0.1) is 25.7 Å². The third kappa shape index (κ3) is 5.68. The topological polar surface area (TPSA) is 76.2 Å². The fraction of sp³-hybridized carbons (Fsp3) is 0.208. The predicted molar refractivity (Wildman–Crippen MR) is 123 cm³/mol. The van der Waals surface area contributed by atoms with Gasteiger partial charge in [0.2, 0.25) is 15.9 Å². The molecule has 0 saturated heterocycles. The number of carbonyl (C=O) groups is 1. The van der Waals surface area contributed by atoms with Crippen molar-refractivity contribution in [2.45, 2.75) is 11.4 Å². The fourth-order valence-corrected chi connectivity index (χ4v) is 4.60. The number of nitrogens with zero attached hydrogens (tertiary/aromatic N) is 2. The molecule has 33 heavy (non-hydrogen) atoms. The number of carbonyl (C=O) groups excluding carboxylic acids is 1. The molecule has 3 aromatic rings. The summed E-state index contributed by atoms with van der Waals surface area (Å²) in [6, 6.07) is 18.6. The average Bonchev–Trinajstić information content (AvgIpc) is 2.83. The fourth-order valence-electron chi connectivity index (χ4n) is 3.20. The Hall–Kier alpha value is -3.43. The Morgan fingerprint density at radius 3 is 2.15 bits per heavy atom. The van der Waals surface area contributed by atoms with E-state index in [4.69, 9.17) is 9.47 Å². The van der Waals surface area contributed by atoms with Gasteiger partial charge in [-0.3, -0.25) is 4.79 Å². The lowest BCUT2D eigenvalue weighted by molar-refractivity contribution is -0.118. The van der Waals surface area contributed by atoms with E-state index in [0.717, 1.165) is 9.87 Å². The molecule has 0 spiro atoms. The molecule has 1 amide bonds. The number of benzene rings is 3. The molecule has 0 aliphatic rings. The van der Waals surface area contributed by atoms with Gasteiger partial charge in [0.1, 0.15) is 5.82 Å². The Morgan fingerprint density at radius 1 is 0.909 bits per heavy atom. The molecule has 0 saturated carbocycles. The summed E-state index contributed by atoms with van der Waals surface area (Å²) in [6.45, 7) is -0.431. The molecule has 0 heterocycles. The van der Waals surface area contributed by atoms with E-state index < -0.39 is 28.3 Å². The van der Waals surface area contributed by atoms with Crippen LogP contribution in [0.15, 0.2) is 77.7 Å². The summed E-state index contributed by atoms with van der Waals surface area (Å²) < 4.78 is 51.9. The van der Waals surface area contributed by atoms with Gasteiger partial charge in [-0.15, -0.1) is 0 Å². The molecule has 0 aliphatic carbocycles. The minimum Gasteiger partial charge on any atom is -0.493 e. The molecular formula is C24H25FN2O5S. The third-order valence-electron chi connectivity index (χ3n) is 5.09. The zero-order valence-electron chi connectivity index (χ0n) is 18.6. The molecule has 0 bridgehead atoms. The van der Waals surface area contributed by atoms with Crippen LogP contribution in [0.2, 0.25) is 0 Å². The number of hydrogen-bond acceptors (Lipinski definition) is 5. The zero-order valence-corrected chi connectivity index (χ0v) is 19.4. The lowest BCUT2D eigenvalue weighted by atomic mass is 10.2. The minimum absolute atomic E-state index is 0.0134. The first kappa shape index (κ1) is 24.2. The molecular weight excluding hydrogens is 447 g/mol. The molecule has 0 aromatic heterocycles. The van der Waals surface area contributed by atoms with Crippen LogP contribution in [0, 0.1) is 5.82 Å². The Labute approximate surface area is 193 Å². The maximum absolute atomic E-state index is 13.6. The molecule has 0 fully saturated rings. The molecule has 3 aromatic carbocycles. The summed E-state index contributed by atoms with van der Waals surface area (Å²) in [4.78, 5) is 14.3. The second-order valence-corrected chi connectivity index (χ2v) is 9.14. The number of methoxy groups -OCH3 is 2. The van der Waals surface area contributed by atoms with Crippen molar-refractivity contribution >= 4 is 21.6 Å². The van der Waals surface area contributed by atoms with Gasteiger partial charge in [0.25, 0.3) is 0 Å². The standard InChI is InChI=1S/C24H25FN2O5S/c1-26(20-11-9-19(25)10-12-20)24(28)17-27(16-18-7-5-4-6-8-18)33(29,30)21-13-14-22(31-2)23(15-21)32-3/h4-15H,16-17H2,1-3H3. The molecule has 0 N–H and O–H groups in total. The third-order valence-corrected chi connectivity index (χ3v) is 6.88. The Balaban J connectivity index is 1.95. The van der Waals surface area contributed by atoms with E-state index in [0.29, 0.717) is 11.4 Å². The Bertz CT molecular complexity index is 1200. The normalized spacial score (nSPS) is 11.3. The van der Waals surface area contributed by atoms with Gasteiger partial charge in [0.15, 0.2) is 11.5 Å². The summed E-state index contributed by atoms with van der Waals surface area (Å²) >= 11 is 0. The van der Waals surface area contributed by atoms with Crippen LogP contribution in [0.4, 0.5) is 10.1 Å². The number of halogens is 1. The zero-order chi connectivity index (χ0) is 24.0. The second-order valence-electron chi connectivity index (χ2n) is 7.20. The van der Waals surface area contributed by atoms with Gasteiger partial charge in [-0.1, -0.05) is 30.3 Å². The van der Waals surface area contributed by atoms with Gasteiger partial charge in [-0.2, -0.15) is 4.31 Å². The number of hydrogen-bond donors (Lipinski definition) is 0. The molecule has 0 unspecified atom stereocenters. The van der Waals surface area contributed by atoms with E-state index in [1.165, 1.54) is 68.6 Å². The highest BCUT2D eigenvalue weighted by Gasteiger charge is 2.29. The first-order valence-corrected chi connectivity index (χ1v) is 11.5. The highest BCUT2D eigenvalue weighted by molar-refractivity contribution is 7.89. The Kier molecular flexibility index (Phi) is 7.67. The molecule has 3 rings (SSSR count). The SMILES string of the molecule is COc1ccc(S(=O)(=O)N(CC(=O)N(C)c2ccc(F)cc2)Cc2ccccc2)cc1OC. The van der Waals surface area contributed by atoms with E-state index in [2.05, 4.69) is 0 Å². The van der Waals surface area contributed by atoms with Gasteiger partial charge < -0.3 is 14.4 Å². The summed E-state index contributed by atoms with van der Waals surface area (Å²) in [7, 11) is 0.299. The first-order chi connectivity index (χ1) is 15.8. The van der Waals surface area contributed by atoms with Crippen LogP contribution in [-0.2, 0) is 21.4 Å². The van der Waals surface area contributed by atoms with Crippen molar-refractivity contribution in [1.82, 2.24) is 4.31 Å². The van der Waals surface area contributed by atoms with Gasteiger partial charge in [-0.25, -0.2) is 12.8 Å². The van der Waals surface area contributed by atoms with E-state index in [1.807, 2.05) is 6.07 Å². The lowest BCUT2D eigenvalue weighted by Crippen LogP contribution is -2.41. The van der Waals surface area contributed by atoms with Crippen molar-refractivity contribution in [2.24, 2.45) is 0 Å². The predicted octanol–water partition coefficient (Wildman–Crippen LogP) is 3.70. The number of amides is 1. The molecule has 0 atom stereocenters.